The van der Waals surface area contributed by atoms with Gasteiger partial charge >= 0.3 is 0 Å². The lowest BCUT2D eigenvalue weighted by atomic mass is 10.3. The van der Waals surface area contributed by atoms with Gasteiger partial charge in [-0.3, -0.25) is 4.98 Å². The summed E-state index contributed by atoms with van der Waals surface area (Å²) in [6.07, 6.45) is 2.55. The molecule has 2 aromatic rings. The average molecular weight is 220 g/mol. The monoisotopic (exact) mass is 220 g/mol. The number of anilines is 1. The third-order valence-corrected chi connectivity index (χ3v) is 2.73. The smallest absolute Gasteiger partial charge is 0.205 e. The molecule has 4 nitrogen and oxygen atoms in total. The summed E-state index contributed by atoms with van der Waals surface area (Å²) in [6.45, 7) is 2.91. The minimum absolute atomic E-state index is 0.754. The first-order valence-electron chi connectivity index (χ1n) is 4.84. The fourth-order valence-electron chi connectivity index (χ4n) is 1.21. The van der Waals surface area contributed by atoms with Gasteiger partial charge in [0.15, 0.2) is 0 Å². The molecular weight excluding hydrogens is 208 g/mol. The molecule has 0 radical (unpaired) electrons. The minimum Gasteiger partial charge on any atom is -0.360 e. The summed E-state index contributed by atoms with van der Waals surface area (Å²) in [4.78, 5) is 4.25. The van der Waals surface area contributed by atoms with Crippen molar-refractivity contribution in [2.45, 2.75) is 13.3 Å². The summed E-state index contributed by atoms with van der Waals surface area (Å²) < 4.78 is 0. The number of nitrogens with one attached hydrogen (secondary N) is 1. The summed E-state index contributed by atoms with van der Waals surface area (Å²) >= 11 is 1.58. The zero-order chi connectivity index (χ0) is 10.5. The second-order valence-electron chi connectivity index (χ2n) is 3.03. The van der Waals surface area contributed by atoms with Crippen molar-refractivity contribution in [1.82, 2.24) is 15.2 Å². The van der Waals surface area contributed by atoms with Crippen LogP contribution >= 0.6 is 11.3 Å². The van der Waals surface area contributed by atoms with Gasteiger partial charge in [-0.05, 0) is 19.1 Å². The summed E-state index contributed by atoms with van der Waals surface area (Å²) in [5.74, 6) is 0. The normalized spacial score (nSPS) is 10.2. The second kappa shape index (κ2) is 4.84. The molecular formula is C10H12N4S. The Morgan fingerprint density at radius 1 is 1.33 bits per heavy atom. The van der Waals surface area contributed by atoms with Gasteiger partial charge in [0, 0.05) is 24.9 Å². The van der Waals surface area contributed by atoms with Crippen LogP contribution in [-0.4, -0.2) is 21.7 Å². The second-order valence-corrected chi connectivity index (χ2v) is 4.09. The van der Waals surface area contributed by atoms with Crippen LogP contribution in [0, 0.1) is 0 Å². The summed E-state index contributed by atoms with van der Waals surface area (Å²) in [6, 6.07) is 5.89. The van der Waals surface area contributed by atoms with Crippen LogP contribution in [0.1, 0.15) is 17.6 Å². The van der Waals surface area contributed by atoms with E-state index in [4.69, 9.17) is 0 Å². The third kappa shape index (κ3) is 2.73. The number of nitrogens with zero attached hydrogens (tertiary/aromatic N) is 3. The Hall–Kier alpha value is -1.49. The highest BCUT2D eigenvalue weighted by Crippen LogP contribution is 2.17. The van der Waals surface area contributed by atoms with Crippen LogP contribution in [0.4, 0.5) is 5.13 Å². The molecule has 0 aliphatic carbocycles. The molecule has 0 spiro atoms. The predicted octanol–water partition coefficient (Wildman–Crippen LogP) is 1.96. The standard InChI is InChI=1S/C10H12N4S/c1-2-11-10-14-13-9(15-10)7-8-5-3-4-6-12-8/h3-6H,2,7H2,1H3,(H,11,14). The van der Waals surface area contributed by atoms with Gasteiger partial charge in [-0.25, -0.2) is 0 Å². The fourth-order valence-corrected chi connectivity index (χ4v) is 2.03. The van der Waals surface area contributed by atoms with Gasteiger partial charge in [-0.1, -0.05) is 17.4 Å². The molecule has 0 saturated carbocycles. The SMILES string of the molecule is CCNc1nnc(Cc2ccccn2)s1. The quantitative estimate of drug-likeness (QED) is 0.855. The maximum absolute atomic E-state index is 4.25. The van der Waals surface area contributed by atoms with E-state index >= 15 is 0 Å². The van der Waals surface area contributed by atoms with Crippen LogP contribution in [-0.2, 0) is 6.42 Å². The Morgan fingerprint density at radius 2 is 2.27 bits per heavy atom. The van der Waals surface area contributed by atoms with Crippen molar-refractivity contribution in [3.63, 3.8) is 0 Å². The minimum atomic E-state index is 0.754. The highest BCUT2D eigenvalue weighted by atomic mass is 32.1. The Bertz CT molecular complexity index is 412. The molecule has 1 N–H and O–H groups in total. The third-order valence-electron chi connectivity index (χ3n) is 1.85. The molecule has 78 valence electrons. The molecule has 15 heavy (non-hydrogen) atoms. The van der Waals surface area contributed by atoms with E-state index in [2.05, 4.69) is 20.5 Å². The first-order chi connectivity index (χ1) is 7.38. The lowest BCUT2D eigenvalue weighted by Crippen LogP contribution is -1.94. The molecule has 0 fully saturated rings. The Kier molecular flexibility index (Phi) is 3.24. The molecule has 0 atom stereocenters. The number of rotatable bonds is 4. The van der Waals surface area contributed by atoms with E-state index in [9.17, 15) is 0 Å². The number of hydrogen-bond acceptors (Lipinski definition) is 5. The molecule has 0 aromatic carbocycles. The number of hydrogen-bond donors (Lipinski definition) is 1. The van der Waals surface area contributed by atoms with Gasteiger partial charge in [0.25, 0.3) is 0 Å². The van der Waals surface area contributed by atoms with E-state index in [1.165, 1.54) is 0 Å². The highest BCUT2D eigenvalue weighted by molar-refractivity contribution is 7.15. The lowest BCUT2D eigenvalue weighted by Gasteiger charge is -1.94. The molecule has 2 rings (SSSR count). The van der Waals surface area contributed by atoms with Crippen LogP contribution in [0.5, 0.6) is 0 Å². The van der Waals surface area contributed by atoms with Crippen LogP contribution in [0.3, 0.4) is 0 Å². The van der Waals surface area contributed by atoms with Gasteiger partial charge < -0.3 is 5.32 Å². The van der Waals surface area contributed by atoms with Gasteiger partial charge in [0.05, 0.1) is 0 Å². The van der Waals surface area contributed by atoms with Crippen molar-refractivity contribution in [2.24, 2.45) is 0 Å². The lowest BCUT2D eigenvalue weighted by molar-refractivity contribution is 0.972. The maximum atomic E-state index is 4.25. The molecule has 5 heteroatoms. The summed E-state index contributed by atoms with van der Waals surface area (Å²) in [5, 5.41) is 13.1. The van der Waals surface area contributed by atoms with Crippen LogP contribution in [0.2, 0.25) is 0 Å². The van der Waals surface area contributed by atoms with E-state index in [0.29, 0.717) is 0 Å². The summed E-state index contributed by atoms with van der Waals surface area (Å²) in [7, 11) is 0. The van der Waals surface area contributed by atoms with Crippen molar-refractivity contribution in [3.05, 3.63) is 35.1 Å². The Morgan fingerprint density at radius 3 is 3.00 bits per heavy atom. The van der Waals surface area contributed by atoms with Gasteiger partial charge in [0.2, 0.25) is 5.13 Å². The zero-order valence-electron chi connectivity index (χ0n) is 8.47. The van der Waals surface area contributed by atoms with Gasteiger partial charge in [-0.2, -0.15) is 0 Å². The molecule has 2 heterocycles. The van der Waals surface area contributed by atoms with E-state index in [-0.39, 0.29) is 0 Å². The van der Waals surface area contributed by atoms with Crippen molar-refractivity contribution < 1.29 is 0 Å². The average Bonchev–Trinajstić information content (AvgIpc) is 2.68. The van der Waals surface area contributed by atoms with Crippen LogP contribution < -0.4 is 5.32 Å². The van der Waals surface area contributed by atoms with Crippen molar-refractivity contribution in [2.75, 3.05) is 11.9 Å². The Balaban J connectivity index is 2.05. The molecule has 0 aliphatic rings. The Labute approximate surface area is 92.4 Å². The molecule has 0 amide bonds. The zero-order valence-corrected chi connectivity index (χ0v) is 9.29. The largest absolute Gasteiger partial charge is 0.360 e. The van der Waals surface area contributed by atoms with E-state index in [1.807, 2.05) is 25.1 Å². The molecule has 0 bridgehead atoms. The van der Waals surface area contributed by atoms with Crippen molar-refractivity contribution in [3.8, 4) is 0 Å². The highest BCUT2D eigenvalue weighted by Gasteiger charge is 2.04. The van der Waals surface area contributed by atoms with E-state index in [0.717, 1.165) is 28.8 Å². The molecule has 0 saturated heterocycles. The van der Waals surface area contributed by atoms with Crippen molar-refractivity contribution in [1.29, 1.82) is 0 Å². The van der Waals surface area contributed by atoms with Crippen molar-refractivity contribution >= 4 is 16.5 Å². The molecule has 2 aromatic heterocycles. The van der Waals surface area contributed by atoms with Crippen LogP contribution in [0.25, 0.3) is 0 Å². The van der Waals surface area contributed by atoms with Gasteiger partial charge in [-0.15, -0.1) is 10.2 Å². The predicted molar refractivity (Wildman–Crippen MR) is 61.1 cm³/mol. The molecule has 0 unspecified atom stereocenters. The fraction of sp³-hybridized carbons (Fsp3) is 0.300. The number of pyridine rings is 1. The molecule has 0 aliphatic heterocycles. The summed E-state index contributed by atoms with van der Waals surface area (Å²) in [5.41, 5.74) is 1.02. The van der Waals surface area contributed by atoms with Crippen LogP contribution in [0.15, 0.2) is 24.4 Å². The van der Waals surface area contributed by atoms with E-state index in [1.54, 1.807) is 17.5 Å². The first-order valence-corrected chi connectivity index (χ1v) is 5.66. The topological polar surface area (TPSA) is 50.7 Å². The van der Waals surface area contributed by atoms with Gasteiger partial charge in [0.1, 0.15) is 5.01 Å². The van der Waals surface area contributed by atoms with E-state index < -0.39 is 0 Å². The first kappa shape index (κ1) is 10.0. The maximum Gasteiger partial charge on any atom is 0.205 e. The number of aromatic nitrogens is 3.